The Morgan fingerprint density at radius 1 is 1.21 bits per heavy atom. The number of rotatable bonds is 6. The number of nitrogens with zero attached hydrogens (tertiary/aromatic N) is 5. The minimum Gasteiger partial charge on any atom is -0.322 e. The van der Waals surface area contributed by atoms with E-state index in [2.05, 4.69) is 15.5 Å². The summed E-state index contributed by atoms with van der Waals surface area (Å²) in [5.41, 5.74) is 3.53. The maximum Gasteiger partial charge on any atom is 0.237 e. The minimum absolute atomic E-state index is 0.0757. The van der Waals surface area contributed by atoms with Gasteiger partial charge in [0.15, 0.2) is 0 Å². The first-order valence-electron chi connectivity index (χ1n) is 9.44. The number of thioether (sulfide) groups is 1. The minimum atomic E-state index is -0.322. The topological polar surface area (TPSA) is 77.6 Å². The Morgan fingerprint density at radius 3 is 2.54 bits per heavy atom. The molecule has 146 valence electrons. The summed E-state index contributed by atoms with van der Waals surface area (Å²) in [5, 5.41) is 12.3. The number of para-hydroxylation sites is 1. The molecule has 0 bridgehead atoms. The molecule has 1 atom stereocenters. The molecule has 3 aromatic rings. The van der Waals surface area contributed by atoms with E-state index in [1.807, 2.05) is 62.8 Å². The first-order chi connectivity index (χ1) is 13.4. The summed E-state index contributed by atoms with van der Waals surface area (Å²) in [6.07, 6.45) is 2.29. The number of nitrogens with one attached hydrogen (secondary N) is 1. The lowest BCUT2D eigenvalue weighted by Gasteiger charge is -2.10. The maximum atomic E-state index is 12.7. The summed E-state index contributed by atoms with van der Waals surface area (Å²) in [7, 11) is 1.87. The van der Waals surface area contributed by atoms with Gasteiger partial charge in [0, 0.05) is 13.0 Å². The highest BCUT2D eigenvalue weighted by Gasteiger charge is 2.31. The van der Waals surface area contributed by atoms with Crippen LogP contribution >= 0.6 is 11.8 Å². The van der Waals surface area contributed by atoms with E-state index in [0.29, 0.717) is 11.1 Å². The normalized spacial score (nSPS) is 14.9. The molecule has 1 saturated carbocycles. The van der Waals surface area contributed by atoms with E-state index < -0.39 is 0 Å². The van der Waals surface area contributed by atoms with Crippen LogP contribution in [0.5, 0.6) is 0 Å². The molecule has 1 aliphatic rings. The molecule has 0 radical (unpaired) electrons. The molecule has 1 aromatic carbocycles. The molecule has 1 amide bonds. The third-order valence-electron chi connectivity index (χ3n) is 4.96. The second-order valence-corrected chi connectivity index (χ2v) is 8.50. The maximum absolute atomic E-state index is 12.7. The molecule has 0 aliphatic heterocycles. The van der Waals surface area contributed by atoms with E-state index in [1.54, 1.807) is 4.68 Å². The molecule has 1 fully saturated rings. The third kappa shape index (κ3) is 3.69. The number of anilines is 1. The average Bonchev–Trinajstić information content (AvgIpc) is 3.40. The van der Waals surface area contributed by atoms with Crippen LogP contribution in [0.2, 0.25) is 0 Å². The summed E-state index contributed by atoms with van der Waals surface area (Å²) < 4.78 is 3.69. The zero-order chi connectivity index (χ0) is 19.8. The van der Waals surface area contributed by atoms with E-state index in [9.17, 15) is 4.79 Å². The van der Waals surface area contributed by atoms with Crippen LogP contribution in [0.1, 0.15) is 42.9 Å². The van der Waals surface area contributed by atoms with Gasteiger partial charge in [-0.2, -0.15) is 5.10 Å². The standard InChI is InChI=1S/C20H24N6OS/c1-12-17(13(2)25(4)23-12)21-19(27)14(3)28-20-22-18(15-10-11-15)26(24-20)16-8-6-5-7-9-16/h5-9,14-15H,10-11H2,1-4H3,(H,21,27)/t14-/m0/s1. The van der Waals surface area contributed by atoms with Crippen molar-refractivity contribution in [2.45, 2.75) is 49.9 Å². The number of hydrogen-bond acceptors (Lipinski definition) is 5. The van der Waals surface area contributed by atoms with Crippen molar-refractivity contribution in [2.24, 2.45) is 7.05 Å². The van der Waals surface area contributed by atoms with E-state index in [0.717, 1.165) is 41.4 Å². The molecule has 4 rings (SSSR count). The van der Waals surface area contributed by atoms with Crippen molar-refractivity contribution in [3.8, 4) is 5.69 Å². The summed E-state index contributed by atoms with van der Waals surface area (Å²) in [5.74, 6) is 1.38. The number of amides is 1. The summed E-state index contributed by atoms with van der Waals surface area (Å²) in [6.45, 7) is 5.71. The number of aromatic nitrogens is 5. The lowest BCUT2D eigenvalue weighted by molar-refractivity contribution is -0.115. The summed E-state index contributed by atoms with van der Waals surface area (Å²) in [4.78, 5) is 17.4. The fourth-order valence-corrected chi connectivity index (χ4v) is 3.87. The number of aryl methyl sites for hydroxylation is 2. The number of carbonyl (C=O) groups is 1. The molecule has 0 saturated heterocycles. The fourth-order valence-electron chi connectivity index (χ4n) is 3.11. The smallest absolute Gasteiger partial charge is 0.237 e. The molecular weight excluding hydrogens is 372 g/mol. The van der Waals surface area contributed by atoms with Crippen LogP contribution in [-0.2, 0) is 11.8 Å². The van der Waals surface area contributed by atoms with Crippen LogP contribution in [0.25, 0.3) is 5.69 Å². The van der Waals surface area contributed by atoms with Gasteiger partial charge in [-0.3, -0.25) is 9.48 Å². The van der Waals surface area contributed by atoms with Gasteiger partial charge < -0.3 is 5.32 Å². The Morgan fingerprint density at radius 2 is 1.93 bits per heavy atom. The van der Waals surface area contributed by atoms with Crippen molar-refractivity contribution < 1.29 is 4.79 Å². The van der Waals surface area contributed by atoms with Gasteiger partial charge in [0.1, 0.15) is 5.82 Å². The highest BCUT2D eigenvalue weighted by atomic mass is 32.2. The molecule has 2 aromatic heterocycles. The van der Waals surface area contributed by atoms with Crippen LogP contribution in [-0.4, -0.2) is 35.7 Å². The van der Waals surface area contributed by atoms with Gasteiger partial charge >= 0.3 is 0 Å². The van der Waals surface area contributed by atoms with Gasteiger partial charge in [-0.1, -0.05) is 30.0 Å². The van der Waals surface area contributed by atoms with Crippen LogP contribution in [0, 0.1) is 13.8 Å². The zero-order valence-corrected chi connectivity index (χ0v) is 17.3. The van der Waals surface area contributed by atoms with Crippen molar-refractivity contribution in [1.29, 1.82) is 0 Å². The average molecular weight is 397 g/mol. The van der Waals surface area contributed by atoms with Gasteiger partial charge in [0.2, 0.25) is 11.1 Å². The Kier molecular flexibility index (Phi) is 4.97. The molecule has 0 unspecified atom stereocenters. The highest BCUT2D eigenvalue weighted by Crippen LogP contribution is 2.40. The SMILES string of the molecule is Cc1nn(C)c(C)c1NC(=O)[C@H](C)Sc1nc(C2CC2)n(-c2ccccc2)n1. The number of benzene rings is 1. The molecule has 28 heavy (non-hydrogen) atoms. The van der Waals surface area contributed by atoms with Crippen LogP contribution < -0.4 is 5.32 Å². The lowest BCUT2D eigenvalue weighted by Crippen LogP contribution is -2.23. The third-order valence-corrected chi connectivity index (χ3v) is 5.92. The number of carbonyl (C=O) groups excluding carboxylic acids is 1. The predicted octanol–water partition coefficient (Wildman–Crippen LogP) is 3.61. The highest BCUT2D eigenvalue weighted by molar-refractivity contribution is 8.00. The zero-order valence-electron chi connectivity index (χ0n) is 16.5. The van der Waals surface area contributed by atoms with Gasteiger partial charge in [0.25, 0.3) is 0 Å². The molecule has 7 nitrogen and oxygen atoms in total. The van der Waals surface area contributed by atoms with Crippen LogP contribution in [0.15, 0.2) is 35.5 Å². The van der Waals surface area contributed by atoms with Crippen molar-refractivity contribution in [3.05, 3.63) is 47.5 Å². The molecule has 2 heterocycles. The van der Waals surface area contributed by atoms with E-state index in [1.165, 1.54) is 11.8 Å². The number of hydrogen-bond donors (Lipinski definition) is 1. The van der Waals surface area contributed by atoms with Crippen LogP contribution in [0.3, 0.4) is 0 Å². The monoisotopic (exact) mass is 396 g/mol. The quantitative estimate of drug-likeness (QED) is 0.644. The Bertz CT molecular complexity index is 1010. The van der Waals surface area contributed by atoms with Gasteiger partial charge in [-0.25, -0.2) is 9.67 Å². The van der Waals surface area contributed by atoms with E-state index in [-0.39, 0.29) is 11.2 Å². The second-order valence-electron chi connectivity index (χ2n) is 7.19. The first-order valence-corrected chi connectivity index (χ1v) is 10.3. The van der Waals surface area contributed by atoms with Crippen molar-refractivity contribution in [3.63, 3.8) is 0 Å². The largest absolute Gasteiger partial charge is 0.322 e. The Labute approximate surface area is 168 Å². The molecule has 8 heteroatoms. The Hall–Kier alpha value is -2.61. The van der Waals surface area contributed by atoms with Gasteiger partial charge in [0.05, 0.1) is 28.0 Å². The second kappa shape index (κ2) is 7.43. The predicted molar refractivity (Wildman–Crippen MR) is 110 cm³/mol. The van der Waals surface area contributed by atoms with Crippen molar-refractivity contribution in [1.82, 2.24) is 24.5 Å². The van der Waals surface area contributed by atoms with E-state index in [4.69, 9.17) is 4.98 Å². The lowest BCUT2D eigenvalue weighted by atomic mass is 10.3. The molecule has 1 N–H and O–H groups in total. The summed E-state index contributed by atoms with van der Waals surface area (Å²) in [6, 6.07) is 10.0. The summed E-state index contributed by atoms with van der Waals surface area (Å²) >= 11 is 1.38. The molecule has 0 spiro atoms. The molecular formula is C20H24N6OS. The Balaban J connectivity index is 1.51. The molecule has 1 aliphatic carbocycles. The van der Waals surface area contributed by atoms with Gasteiger partial charge in [-0.05, 0) is 45.7 Å². The first kappa shape index (κ1) is 18.7. The fraction of sp³-hybridized carbons (Fsp3) is 0.400. The van der Waals surface area contributed by atoms with Crippen molar-refractivity contribution in [2.75, 3.05) is 5.32 Å². The van der Waals surface area contributed by atoms with Gasteiger partial charge in [-0.15, -0.1) is 5.10 Å². The van der Waals surface area contributed by atoms with E-state index >= 15 is 0 Å². The van der Waals surface area contributed by atoms with Crippen molar-refractivity contribution >= 4 is 23.4 Å². The van der Waals surface area contributed by atoms with Crippen LogP contribution in [0.4, 0.5) is 5.69 Å².